The normalized spacial score (nSPS) is 12.3. The number of unbranched alkanes of at least 4 members (excludes halogenated alkanes) is 1. The first-order valence-electron chi connectivity index (χ1n) is 11.4. The molecule has 38 heavy (non-hydrogen) atoms. The standard InChI is InChI=1S/C23H28N4O11/c24-17-18(30)26(23(37)27(19(17)31)15(21(34)35)9-10-16(28)29)14(20(32)33)8-4-5-11-25-22(36)38-12-13-6-2-1-3-7-13/h1-3,6-7,14-15,31H,4-5,8-12,24H2,(H,25,36)(H,28,29)(H,32,33)(H,34,35). The van der Waals surface area contributed by atoms with E-state index in [0.29, 0.717) is 0 Å². The van der Waals surface area contributed by atoms with E-state index in [-0.39, 0.29) is 41.5 Å². The second kappa shape index (κ2) is 13.5. The predicted molar refractivity (Wildman–Crippen MR) is 130 cm³/mol. The summed E-state index contributed by atoms with van der Waals surface area (Å²) in [6.07, 6.45) is -2.01. The number of nitrogen functional groups attached to an aromatic ring is 1. The topological polar surface area (TPSA) is 240 Å². The lowest BCUT2D eigenvalue weighted by molar-refractivity contribution is -0.142. The molecule has 0 aliphatic carbocycles. The maximum Gasteiger partial charge on any atom is 0.407 e. The van der Waals surface area contributed by atoms with Crippen molar-refractivity contribution >= 4 is 29.7 Å². The number of rotatable bonds is 14. The van der Waals surface area contributed by atoms with Crippen molar-refractivity contribution in [2.45, 2.75) is 50.8 Å². The molecule has 2 aromatic rings. The van der Waals surface area contributed by atoms with Crippen LogP contribution in [0.3, 0.4) is 0 Å². The molecule has 2 rings (SSSR count). The van der Waals surface area contributed by atoms with E-state index in [1.807, 2.05) is 6.07 Å². The number of carboxylic acids is 3. The van der Waals surface area contributed by atoms with Crippen LogP contribution in [0.5, 0.6) is 5.88 Å². The minimum Gasteiger partial charge on any atom is -0.493 e. The van der Waals surface area contributed by atoms with Gasteiger partial charge in [0.15, 0.2) is 5.69 Å². The number of aromatic hydroxyl groups is 1. The van der Waals surface area contributed by atoms with Crippen LogP contribution >= 0.6 is 0 Å². The number of carboxylic acid groups (broad SMARTS) is 3. The minimum atomic E-state index is -1.94. The van der Waals surface area contributed by atoms with Crippen LogP contribution in [0.15, 0.2) is 39.9 Å². The number of amides is 1. The third-order valence-corrected chi connectivity index (χ3v) is 5.54. The lowest BCUT2D eigenvalue weighted by atomic mass is 10.1. The summed E-state index contributed by atoms with van der Waals surface area (Å²) in [6, 6.07) is 5.21. The van der Waals surface area contributed by atoms with Gasteiger partial charge in [-0.25, -0.2) is 28.3 Å². The van der Waals surface area contributed by atoms with Crippen molar-refractivity contribution in [1.29, 1.82) is 0 Å². The zero-order chi connectivity index (χ0) is 28.4. The second-order valence-electron chi connectivity index (χ2n) is 8.19. The highest BCUT2D eigenvalue weighted by Gasteiger charge is 2.32. The molecule has 1 heterocycles. The van der Waals surface area contributed by atoms with Crippen molar-refractivity contribution < 1.29 is 44.3 Å². The predicted octanol–water partition coefficient (Wildman–Crippen LogP) is 0.511. The summed E-state index contributed by atoms with van der Waals surface area (Å²) >= 11 is 0. The van der Waals surface area contributed by atoms with E-state index >= 15 is 0 Å². The van der Waals surface area contributed by atoms with Gasteiger partial charge in [-0.15, -0.1) is 0 Å². The maximum absolute atomic E-state index is 13.0. The highest BCUT2D eigenvalue weighted by molar-refractivity contribution is 5.75. The number of nitrogens with two attached hydrogens (primary N) is 1. The van der Waals surface area contributed by atoms with E-state index in [1.54, 1.807) is 24.3 Å². The number of nitrogens with zero attached hydrogens (tertiary/aromatic N) is 2. The molecular weight excluding hydrogens is 508 g/mol. The largest absolute Gasteiger partial charge is 0.493 e. The Morgan fingerprint density at radius 1 is 0.921 bits per heavy atom. The van der Waals surface area contributed by atoms with Crippen molar-refractivity contribution in [2.24, 2.45) is 0 Å². The van der Waals surface area contributed by atoms with Gasteiger partial charge in [0, 0.05) is 13.0 Å². The average Bonchev–Trinajstić information content (AvgIpc) is 2.86. The van der Waals surface area contributed by atoms with Crippen LogP contribution in [0.4, 0.5) is 10.5 Å². The van der Waals surface area contributed by atoms with Gasteiger partial charge in [0.25, 0.3) is 5.56 Å². The molecule has 206 valence electrons. The Morgan fingerprint density at radius 3 is 2.11 bits per heavy atom. The Kier molecular flexibility index (Phi) is 10.4. The monoisotopic (exact) mass is 536 g/mol. The fraction of sp³-hybridized carbons (Fsp3) is 0.391. The summed E-state index contributed by atoms with van der Waals surface area (Å²) in [6.45, 7) is 0.141. The molecule has 2 atom stereocenters. The van der Waals surface area contributed by atoms with E-state index in [4.69, 9.17) is 15.6 Å². The zero-order valence-electron chi connectivity index (χ0n) is 20.1. The Hall–Kier alpha value is -4.82. The Balaban J connectivity index is 2.14. The number of alkyl carbamates (subject to hydrolysis) is 1. The van der Waals surface area contributed by atoms with Crippen LogP contribution in [0, 0.1) is 0 Å². The van der Waals surface area contributed by atoms with Crippen molar-refractivity contribution in [3.63, 3.8) is 0 Å². The lowest BCUT2D eigenvalue weighted by Crippen LogP contribution is -2.47. The molecule has 0 aliphatic rings. The summed E-state index contributed by atoms with van der Waals surface area (Å²) in [7, 11) is 0. The van der Waals surface area contributed by atoms with Crippen LogP contribution < -0.4 is 22.3 Å². The molecule has 0 saturated carbocycles. The Morgan fingerprint density at radius 2 is 1.53 bits per heavy atom. The number of benzene rings is 1. The molecule has 1 aromatic heterocycles. The van der Waals surface area contributed by atoms with Crippen molar-refractivity contribution in [2.75, 3.05) is 12.3 Å². The SMILES string of the molecule is Nc1c(O)n(C(CCC(=O)O)C(=O)O)c(=O)n(C(CCCCNC(=O)OCc2ccccc2)C(=O)O)c1=O. The second-order valence-corrected chi connectivity index (χ2v) is 8.19. The number of aromatic nitrogens is 2. The van der Waals surface area contributed by atoms with Crippen molar-refractivity contribution in [3.8, 4) is 5.88 Å². The molecule has 1 amide bonds. The average molecular weight is 536 g/mol. The molecule has 15 nitrogen and oxygen atoms in total. The molecule has 1 aromatic carbocycles. The molecule has 2 unspecified atom stereocenters. The number of anilines is 1. The summed E-state index contributed by atoms with van der Waals surface area (Å²) in [5.41, 5.74) is 2.54. The summed E-state index contributed by atoms with van der Waals surface area (Å²) in [4.78, 5) is 72.0. The third kappa shape index (κ3) is 7.59. The minimum absolute atomic E-state index is 0.0506. The molecule has 0 saturated heterocycles. The fourth-order valence-corrected chi connectivity index (χ4v) is 3.62. The molecular formula is C23H28N4O11. The number of carbonyl (C=O) groups is 4. The summed E-state index contributed by atoms with van der Waals surface area (Å²) < 4.78 is 5.47. The number of hydrogen-bond donors (Lipinski definition) is 6. The van der Waals surface area contributed by atoms with Gasteiger partial charge in [0.2, 0.25) is 5.88 Å². The first kappa shape index (κ1) is 29.4. The van der Waals surface area contributed by atoms with Crippen molar-refractivity contribution in [3.05, 3.63) is 56.7 Å². The third-order valence-electron chi connectivity index (χ3n) is 5.54. The number of nitrogens with one attached hydrogen (secondary N) is 1. The number of carbonyl (C=O) groups excluding carboxylic acids is 1. The lowest BCUT2D eigenvalue weighted by Gasteiger charge is -2.22. The molecule has 15 heteroatoms. The van der Waals surface area contributed by atoms with Gasteiger partial charge in [-0.3, -0.25) is 9.59 Å². The van der Waals surface area contributed by atoms with Gasteiger partial charge in [-0.05, 0) is 31.2 Å². The molecule has 0 radical (unpaired) electrons. The number of ether oxygens (including phenoxy) is 1. The van der Waals surface area contributed by atoms with E-state index in [0.717, 1.165) is 5.56 Å². The molecule has 0 spiro atoms. The zero-order valence-corrected chi connectivity index (χ0v) is 20.1. The van der Waals surface area contributed by atoms with E-state index in [9.17, 15) is 44.1 Å². The van der Waals surface area contributed by atoms with Gasteiger partial charge in [0.05, 0.1) is 0 Å². The highest BCUT2D eigenvalue weighted by Crippen LogP contribution is 2.23. The van der Waals surface area contributed by atoms with Gasteiger partial charge < -0.3 is 36.2 Å². The van der Waals surface area contributed by atoms with Crippen molar-refractivity contribution in [1.82, 2.24) is 14.5 Å². The smallest absolute Gasteiger partial charge is 0.407 e. The molecule has 7 N–H and O–H groups in total. The van der Waals surface area contributed by atoms with Gasteiger partial charge >= 0.3 is 29.7 Å². The van der Waals surface area contributed by atoms with Gasteiger partial charge in [-0.1, -0.05) is 30.3 Å². The highest BCUT2D eigenvalue weighted by atomic mass is 16.5. The van der Waals surface area contributed by atoms with E-state index < -0.39 is 71.7 Å². The first-order chi connectivity index (χ1) is 18.0. The Bertz CT molecular complexity index is 1290. The Labute approximate surface area is 214 Å². The summed E-state index contributed by atoms with van der Waals surface area (Å²) in [5, 5.41) is 40.7. The maximum atomic E-state index is 13.0. The van der Waals surface area contributed by atoms with E-state index in [1.165, 1.54) is 0 Å². The van der Waals surface area contributed by atoms with Crippen LogP contribution in [0.25, 0.3) is 0 Å². The number of hydrogen-bond acceptors (Lipinski definition) is 9. The van der Waals surface area contributed by atoms with Crippen LogP contribution in [-0.2, 0) is 25.7 Å². The van der Waals surface area contributed by atoms with Gasteiger partial charge in [0.1, 0.15) is 18.7 Å². The first-order valence-corrected chi connectivity index (χ1v) is 11.4. The van der Waals surface area contributed by atoms with Crippen LogP contribution in [0.1, 0.15) is 49.8 Å². The summed E-state index contributed by atoms with van der Waals surface area (Å²) in [5.74, 6) is -5.90. The quantitative estimate of drug-likeness (QED) is 0.181. The van der Waals surface area contributed by atoms with E-state index in [2.05, 4.69) is 5.32 Å². The molecule has 0 bridgehead atoms. The van der Waals surface area contributed by atoms with Crippen LogP contribution in [0.2, 0.25) is 0 Å². The molecule has 0 fully saturated rings. The fourth-order valence-electron chi connectivity index (χ4n) is 3.62. The number of aliphatic carboxylic acids is 3. The van der Waals surface area contributed by atoms with Gasteiger partial charge in [-0.2, -0.15) is 0 Å². The molecule has 0 aliphatic heterocycles. The van der Waals surface area contributed by atoms with Crippen LogP contribution in [-0.4, -0.2) is 60.1 Å².